The van der Waals surface area contributed by atoms with Crippen LogP contribution in [-0.2, 0) is 0 Å². The van der Waals surface area contributed by atoms with Crippen molar-refractivity contribution in [2.75, 3.05) is 0 Å². The summed E-state index contributed by atoms with van der Waals surface area (Å²) in [6.45, 7) is 0. The minimum absolute atomic E-state index is 0.262. The molecule has 1 aromatic heterocycles. The first-order valence-corrected chi connectivity index (χ1v) is 5.36. The second-order valence-electron chi connectivity index (χ2n) is 2.38. The molecule has 2 nitrogen and oxygen atoms in total. The average Bonchev–Trinajstić information content (AvgIpc) is 2.52. The zero-order valence-corrected chi connectivity index (χ0v) is 9.34. The van der Waals surface area contributed by atoms with E-state index in [0.29, 0.717) is 5.82 Å². The topological polar surface area (TPSA) is 25.8 Å². The normalized spacial score (nSPS) is 10.3. The molecule has 1 heterocycles. The minimum Gasteiger partial charge on any atom is -0.209 e. The summed E-state index contributed by atoms with van der Waals surface area (Å²) < 4.78 is 17.7. The van der Waals surface area contributed by atoms with Crippen molar-refractivity contribution in [3.05, 3.63) is 33.1 Å². The van der Waals surface area contributed by atoms with E-state index in [-0.39, 0.29) is 5.82 Å². The lowest BCUT2D eigenvalue weighted by atomic mass is 10.2. The molecule has 66 valence electrons. The largest absolute Gasteiger partial charge is 0.209 e. The molecule has 0 aliphatic rings. The van der Waals surface area contributed by atoms with Gasteiger partial charge in [-0.2, -0.15) is 4.37 Å². The molecule has 0 bridgehead atoms. The van der Waals surface area contributed by atoms with E-state index in [1.54, 1.807) is 12.1 Å². The van der Waals surface area contributed by atoms with Gasteiger partial charge in [0.2, 0.25) is 0 Å². The van der Waals surface area contributed by atoms with Crippen molar-refractivity contribution < 1.29 is 4.39 Å². The summed E-state index contributed by atoms with van der Waals surface area (Å²) in [5.41, 5.74) is 0.721. The molecule has 0 radical (unpaired) electrons. The number of nitrogens with zero attached hydrogens (tertiary/aromatic N) is 2. The van der Waals surface area contributed by atoms with Crippen LogP contribution in [0, 0.1) is 8.83 Å². The molecule has 1 aromatic carbocycles. The van der Waals surface area contributed by atoms with Crippen LogP contribution in [0.4, 0.5) is 4.39 Å². The SMILES string of the molecule is Fc1cccc(-c2nsc(I)n2)c1. The molecular weight excluding hydrogens is 302 g/mol. The van der Waals surface area contributed by atoms with Crippen LogP contribution in [0.15, 0.2) is 24.3 Å². The predicted molar refractivity (Wildman–Crippen MR) is 58.0 cm³/mol. The van der Waals surface area contributed by atoms with Gasteiger partial charge in [-0.15, -0.1) is 0 Å². The molecule has 0 aliphatic carbocycles. The lowest BCUT2D eigenvalue weighted by Crippen LogP contribution is -1.81. The summed E-state index contributed by atoms with van der Waals surface area (Å²) in [6.07, 6.45) is 0. The van der Waals surface area contributed by atoms with Gasteiger partial charge in [0.25, 0.3) is 0 Å². The third kappa shape index (κ3) is 2.02. The van der Waals surface area contributed by atoms with Crippen LogP contribution in [0.3, 0.4) is 0 Å². The monoisotopic (exact) mass is 306 g/mol. The highest BCUT2D eigenvalue weighted by Gasteiger charge is 2.04. The summed E-state index contributed by atoms with van der Waals surface area (Å²) >= 11 is 3.40. The highest BCUT2D eigenvalue weighted by atomic mass is 127. The van der Waals surface area contributed by atoms with Gasteiger partial charge in [0.05, 0.1) is 0 Å². The fourth-order valence-corrected chi connectivity index (χ4v) is 1.91. The Morgan fingerprint density at radius 1 is 1.38 bits per heavy atom. The molecule has 13 heavy (non-hydrogen) atoms. The van der Waals surface area contributed by atoms with Gasteiger partial charge >= 0.3 is 0 Å². The minimum atomic E-state index is -0.262. The number of hydrogen-bond acceptors (Lipinski definition) is 3. The van der Waals surface area contributed by atoms with Crippen molar-refractivity contribution in [1.82, 2.24) is 9.36 Å². The van der Waals surface area contributed by atoms with Gasteiger partial charge in [0.1, 0.15) is 5.82 Å². The number of rotatable bonds is 1. The molecular formula is C8H4FIN2S. The Balaban J connectivity index is 2.46. The summed E-state index contributed by atoms with van der Waals surface area (Å²) in [7, 11) is 0. The number of hydrogen-bond donors (Lipinski definition) is 0. The maximum absolute atomic E-state index is 12.8. The smallest absolute Gasteiger partial charge is 0.174 e. The quantitative estimate of drug-likeness (QED) is 0.757. The van der Waals surface area contributed by atoms with Crippen molar-refractivity contribution in [3.63, 3.8) is 0 Å². The Bertz CT molecular complexity index is 430. The third-order valence-corrected chi connectivity index (χ3v) is 2.82. The number of benzene rings is 1. The molecule has 2 aromatic rings. The average molecular weight is 306 g/mol. The Labute approximate surface area is 92.1 Å². The standard InChI is InChI=1S/C8H4FIN2S/c9-6-3-1-2-5(4-6)7-11-8(10)13-12-7/h1-4H. The number of halogens is 2. The van der Waals surface area contributed by atoms with Gasteiger partial charge in [0.15, 0.2) is 8.84 Å². The van der Waals surface area contributed by atoms with Crippen LogP contribution in [-0.4, -0.2) is 9.36 Å². The van der Waals surface area contributed by atoms with Gasteiger partial charge in [-0.1, -0.05) is 12.1 Å². The van der Waals surface area contributed by atoms with Gasteiger partial charge in [0, 0.05) is 5.56 Å². The van der Waals surface area contributed by atoms with Crippen LogP contribution in [0.25, 0.3) is 11.4 Å². The first-order valence-electron chi connectivity index (χ1n) is 3.51. The van der Waals surface area contributed by atoms with Gasteiger partial charge < -0.3 is 0 Å². The molecule has 0 unspecified atom stereocenters. The van der Waals surface area contributed by atoms with Crippen molar-refractivity contribution in [2.45, 2.75) is 0 Å². The highest BCUT2D eigenvalue weighted by molar-refractivity contribution is 14.1. The zero-order valence-electron chi connectivity index (χ0n) is 6.37. The Hall–Kier alpha value is -0.560. The summed E-state index contributed by atoms with van der Waals surface area (Å²) in [5.74, 6) is 0.330. The number of aromatic nitrogens is 2. The van der Waals surface area contributed by atoms with E-state index >= 15 is 0 Å². The lowest BCUT2D eigenvalue weighted by molar-refractivity contribution is 0.628. The van der Waals surface area contributed by atoms with Crippen LogP contribution < -0.4 is 0 Å². The van der Waals surface area contributed by atoms with Crippen LogP contribution >= 0.6 is 34.1 Å². The van der Waals surface area contributed by atoms with Crippen molar-refractivity contribution in [2.24, 2.45) is 0 Å². The van der Waals surface area contributed by atoms with E-state index in [4.69, 9.17) is 0 Å². The highest BCUT2D eigenvalue weighted by Crippen LogP contribution is 2.19. The molecule has 0 saturated heterocycles. The predicted octanol–water partition coefficient (Wildman–Crippen LogP) is 2.95. The molecule has 0 N–H and O–H groups in total. The Morgan fingerprint density at radius 2 is 2.23 bits per heavy atom. The van der Waals surface area contributed by atoms with Crippen LogP contribution in [0.5, 0.6) is 0 Å². The van der Waals surface area contributed by atoms with E-state index in [1.807, 2.05) is 0 Å². The first kappa shape index (κ1) is 9.01. The molecule has 5 heteroatoms. The van der Waals surface area contributed by atoms with Gasteiger partial charge in [-0.05, 0) is 46.3 Å². The molecule has 0 spiro atoms. The van der Waals surface area contributed by atoms with Crippen molar-refractivity contribution in [1.29, 1.82) is 0 Å². The summed E-state index contributed by atoms with van der Waals surface area (Å²) in [4.78, 5) is 4.15. The zero-order chi connectivity index (χ0) is 9.26. The van der Waals surface area contributed by atoms with Gasteiger partial charge in [-0.25, -0.2) is 9.37 Å². The molecule has 0 saturated carbocycles. The lowest BCUT2D eigenvalue weighted by Gasteiger charge is -1.93. The van der Waals surface area contributed by atoms with Crippen molar-refractivity contribution in [3.8, 4) is 11.4 Å². The molecule has 0 atom stereocenters. The van der Waals surface area contributed by atoms with Crippen LogP contribution in [0.2, 0.25) is 0 Å². The molecule has 0 amide bonds. The van der Waals surface area contributed by atoms with E-state index in [1.165, 1.54) is 23.7 Å². The molecule has 2 rings (SSSR count). The fourth-order valence-electron chi connectivity index (χ4n) is 0.950. The second kappa shape index (κ2) is 3.67. The Kier molecular flexibility index (Phi) is 2.54. The first-order chi connectivity index (χ1) is 6.25. The maximum Gasteiger partial charge on any atom is 0.174 e. The van der Waals surface area contributed by atoms with E-state index in [0.717, 1.165) is 8.58 Å². The van der Waals surface area contributed by atoms with Crippen LogP contribution in [0.1, 0.15) is 0 Å². The second-order valence-corrected chi connectivity index (χ2v) is 4.89. The maximum atomic E-state index is 12.8. The Morgan fingerprint density at radius 3 is 2.85 bits per heavy atom. The van der Waals surface area contributed by atoms with E-state index in [2.05, 4.69) is 31.9 Å². The van der Waals surface area contributed by atoms with Crippen molar-refractivity contribution >= 4 is 34.1 Å². The summed E-state index contributed by atoms with van der Waals surface area (Å²) in [6, 6.07) is 6.28. The van der Waals surface area contributed by atoms with Gasteiger partial charge in [-0.3, -0.25) is 0 Å². The van der Waals surface area contributed by atoms with E-state index in [9.17, 15) is 4.39 Å². The molecule has 0 fully saturated rings. The third-order valence-electron chi connectivity index (χ3n) is 1.48. The fraction of sp³-hybridized carbons (Fsp3) is 0. The van der Waals surface area contributed by atoms with E-state index < -0.39 is 0 Å². The summed E-state index contributed by atoms with van der Waals surface area (Å²) in [5, 5.41) is 0. The molecule has 0 aliphatic heterocycles.